The van der Waals surface area contributed by atoms with Crippen molar-refractivity contribution >= 4 is 38.6 Å². The van der Waals surface area contributed by atoms with E-state index in [4.69, 9.17) is 22.3 Å². The van der Waals surface area contributed by atoms with Gasteiger partial charge in [0.1, 0.15) is 10.6 Å². The molecule has 2 aromatic rings. The third-order valence-electron chi connectivity index (χ3n) is 5.72. The maximum Gasteiger partial charge on any atom is 0.165 e. The fourth-order valence-electron chi connectivity index (χ4n) is 4.21. The van der Waals surface area contributed by atoms with Crippen molar-refractivity contribution in [3.05, 3.63) is 45.8 Å². The van der Waals surface area contributed by atoms with Crippen LogP contribution in [0.25, 0.3) is 10.4 Å². The van der Waals surface area contributed by atoms with E-state index < -0.39 is 20.6 Å². The predicted octanol–water partition coefficient (Wildman–Crippen LogP) is 4.68. The first kappa shape index (κ1) is 19.4. The number of nitrogens with one attached hydrogen (secondary N) is 2. The summed E-state index contributed by atoms with van der Waals surface area (Å²) < 4.78 is 25.3. The molecule has 2 aliphatic rings. The number of hydrogen-bond acceptors (Lipinski definition) is 5. The molecule has 2 fully saturated rings. The molecule has 0 radical (unpaired) electrons. The van der Waals surface area contributed by atoms with Crippen LogP contribution < -0.4 is 5.32 Å². The van der Waals surface area contributed by atoms with Crippen molar-refractivity contribution in [3.8, 4) is 16.5 Å². The van der Waals surface area contributed by atoms with Gasteiger partial charge in [-0.2, -0.15) is 5.26 Å². The van der Waals surface area contributed by atoms with Gasteiger partial charge < -0.3 is 5.32 Å². The quantitative estimate of drug-likeness (QED) is 0.718. The fraction of sp³-hybridized carbons (Fsp3) is 0.400. The highest BCUT2D eigenvalue weighted by molar-refractivity contribution is 7.93. The van der Waals surface area contributed by atoms with Crippen LogP contribution in [-0.2, 0) is 9.84 Å². The summed E-state index contributed by atoms with van der Waals surface area (Å²) in [5, 5.41) is 21.2. The van der Waals surface area contributed by atoms with Crippen molar-refractivity contribution in [2.45, 2.75) is 42.9 Å². The Balaban J connectivity index is 1.67. The topological polar surface area (TPSA) is 93.8 Å². The predicted molar refractivity (Wildman–Crippen MR) is 113 cm³/mol. The highest BCUT2D eigenvalue weighted by Crippen LogP contribution is 2.44. The first-order valence-corrected chi connectivity index (χ1v) is 12.1. The van der Waals surface area contributed by atoms with Crippen LogP contribution in [0, 0.1) is 16.7 Å². The van der Waals surface area contributed by atoms with Gasteiger partial charge in [0.15, 0.2) is 9.84 Å². The van der Waals surface area contributed by atoms with Gasteiger partial charge in [0.05, 0.1) is 28.5 Å². The normalized spacial score (nSPS) is 23.1. The van der Waals surface area contributed by atoms with Crippen LogP contribution in [0.15, 0.2) is 30.3 Å². The van der Waals surface area contributed by atoms with Crippen LogP contribution in [-0.4, -0.2) is 24.8 Å². The largest absolute Gasteiger partial charge is 0.364 e. The Bertz CT molecular complexity index is 1080. The second-order valence-electron chi connectivity index (χ2n) is 7.42. The number of halogens is 1. The minimum Gasteiger partial charge on any atom is -0.364 e. The Morgan fingerprint density at radius 3 is 2.68 bits per heavy atom. The van der Waals surface area contributed by atoms with Gasteiger partial charge in [-0.15, -0.1) is 11.3 Å². The number of amidine groups is 1. The molecule has 146 valence electrons. The lowest BCUT2D eigenvalue weighted by molar-refractivity contribution is 0.417. The van der Waals surface area contributed by atoms with Gasteiger partial charge in [-0.25, -0.2) is 8.42 Å². The molecule has 1 spiro atoms. The lowest BCUT2D eigenvalue weighted by Crippen LogP contribution is -2.60. The average molecular weight is 434 g/mol. The van der Waals surface area contributed by atoms with E-state index in [1.165, 1.54) is 11.3 Å². The summed E-state index contributed by atoms with van der Waals surface area (Å²) in [5.41, 5.74) is 1.43. The van der Waals surface area contributed by atoms with Gasteiger partial charge in [0.2, 0.25) is 0 Å². The minimum absolute atomic E-state index is 0.0483. The molecule has 0 amide bonds. The van der Waals surface area contributed by atoms with Crippen molar-refractivity contribution in [1.82, 2.24) is 5.32 Å². The second kappa shape index (κ2) is 7.18. The number of benzene rings is 1. The molecule has 0 bridgehead atoms. The molecular weight excluding hydrogens is 414 g/mol. The zero-order chi connectivity index (χ0) is 19.9. The molecule has 1 aliphatic heterocycles. The number of hydrogen-bond donors (Lipinski definition) is 2. The minimum atomic E-state index is -3.46. The molecular formula is C20H20ClN3O2S2. The Kier molecular flexibility index (Phi) is 4.98. The molecule has 1 aromatic carbocycles. The summed E-state index contributed by atoms with van der Waals surface area (Å²) >= 11 is 7.87. The molecule has 2 N–H and O–H groups in total. The standard InChI is InChI=1S/C20H20ClN3O2S2/c21-15-10-17(14-6-4-5-13(9-14)11-22)27-18(15)16-12-28(25,26)20(19(23)24-16)7-2-1-3-8-20/h4-6,9-10,16H,1-3,7-8,12H2,(H2,23,24). The summed E-state index contributed by atoms with van der Waals surface area (Å²) in [6.07, 6.45) is 3.76. The maximum atomic E-state index is 13.2. The van der Waals surface area contributed by atoms with Crippen LogP contribution in [0.3, 0.4) is 0 Å². The summed E-state index contributed by atoms with van der Waals surface area (Å²) in [6.45, 7) is 0. The van der Waals surface area contributed by atoms with E-state index in [2.05, 4.69) is 11.4 Å². The average Bonchev–Trinajstić information content (AvgIpc) is 3.08. The summed E-state index contributed by atoms with van der Waals surface area (Å²) in [7, 11) is -3.46. The molecule has 1 unspecified atom stereocenters. The lowest BCUT2D eigenvalue weighted by atomic mass is 9.87. The molecule has 2 heterocycles. The first-order valence-electron chi connectivity index (χ1n) is 9.24. The van der Waals surface area contributed by atoms with Gasteiger partial charge in [-0.05, 0) is 36.6 Å². The van der Waals surface area contributed by atoms with Crippen LogP contribution in [0.5, 0.6) is 0 Å². The monoisotopic (exact) mass is 433 g/mol. The van der Waals surface area contributed by atoms with Gasteiger partial charge in [-0.3, -0.25) is 5.41 Å². The molecule has 28 heavy (non-hydrogen) atoms. The Labute approximate surface area is 173 Å². The number of thiophene rings is 1. The summed E-state index contributed by atoms with van der Waals surface area (Å²) in [4.78, 5) is 1.60. The van der Waals surface area contributed by atoms with Gasteiger partial charge in [-0.1, -0.05) is 43.0 Å². The first-order chi connectivity index (χ1) is 13.4. The fourth-order valence-corrected chi connectivity index (χ4v) is 8.13. The third kappa shape index (κ3) is 3.14. The molecule has 1 saturated carbocycles. The van der Waals surface area contributed by atoms with Crippen LogP contribution in [0.2, 0.25) is 5.02 Å². The highest BCUT2D eigenvalue weighted by Gasteiger charge is 2.53. The highest BCUT2D eigenvalue weighted by atomic mass is 35.5. The van der Waals surface area contributed by atoms with Crippen LogP contribution >= 0.6 is 22.9 Å². The van der Waals surface area contributed by atoms with E-state index in [1.807, 2.05) is 12.1 Å². The molecule has 8 heteroatoms. The second-order valence-corrected chi connectivity index (χ2v) is 11.3. The molecule has 1 atom stereocenters. The zero-order valence-electron chi connectivity index (χ0n) is 15.2. The SMILES string of the molecule is N#Cc1cccc(-c2cc(Cl)c(C3CS(=O)(=O)C4(CCCCC4)C(=N)N3)s2)c1. The third-order valence-corrected chi connectivity index (χ3v) is 10.0. The van der Waals surface area contributed by atoms with Gasteiger partial charge >= 0.3 is 0 Å². The van der Waals surface area contributed by atoms with E-state index >= 15 is 0 Å². The summed E-state index contributed by atoms with van der Waals surface area (Å²) in [5.74, 6) is 0.0637. The number of sulfone groups is 1. The zero-order valence-corrected chi connectivity index (χ0v) is 17.6. The van der Waals surface area contributed by atoms with Crippen molar-refractivity contribution in [1.29, 1.82) is 10.7 Å². The molecule has 1 aliphatic carbocycles. The summed E-state index contributed by atoms with van der Waals surface area (Å²) in [6, 6.07) is 10.6. The Morgan fingerprint density at radius 1 is 1.25 bits per heavy atom. The van der Waals surface area contributed by atoms with Crippen molar-refractivity contribution in [2.75, 3.05) is 5.75 Å². The number of nitriles is 1. The van der Waals surface area contributed by atoms with Crippen molar-refractivity contribution in [3.63, 3.8) is 0 Å². The van der Waals surface area contributed by atoms with Crippen LogP contribution in [0.1, 0.15) is 48.6 Å². The molecule has 4 rings (SSSR count). The molecule has 1 aromatic heterocycles. The van der Waals surface area contributed by atoms with Crippen LogP contribution in [0.4, 0.5) is 0 Å². The molecule has 1 saturated heterocycles. The van der Waals surface area contributed by atoms with E-state index in [-0.39, 0.29) is 11.6 Å². The van der Waals surface area contributed by atoms with E-state index in [9.17, 15) is 8.42 Å². The van der Waals surface area contributed by atoms with E-state index in [0.29, 0.717) is 23.4 Å². The van der Waals surface area contributed by atoms with Gasteiger partial charge in [0, 0.05) is 9.75 Å². The number of nitrogens with zero attached hydrogens (tertiary/aromatic N) is 1. The number of rotatable bonds is 2. The Morgan fingerprint density at radius 2 is 2.00 bits per heavy atom. The van der Waals surface area contributed by atoms with Crippen molar-refractivity contribution < 1.29 is 8.42 Å². The Hall–Kier alpha value is -1.88. The maximum absolute atomic E-state index is 13.2. The van der Waals surface area contributed by atoms with Crippen molar-refractivity contribution in [2.24, 2.45) is 0 Å². The van der Waals surface area contributed by atoms with E-state index in [1.54, 1.807) is 18.2 Å². The lowest BCUT2D eigenvalue weighted by Gasteiger charge is -2.43. The van der Waals surface area contributed by atoms with Gasteiger partial charge in [0.25, 0.3) is 0 Å². The molecule has 5 nitrogen and oxygen atoms in total. The van der Waals surface area contributed by atoms with E-state index in [0.717, 1.165) is 34.6 Å². The smallest absolute Gasteiger partial charge is 0.165 e.